The number of hydrogen-bond donors (Lipinski definition) is 3. The highest BCUT2D eigenvalue weighted by atomic mass is 16.2. The number of aromatic nitrogens is 6. The van der Waals surface area contributed by atoms with Crippen molar-refractivity contribution in [2.45, 2.75) is 12.8 Å². The molecule has 6 aromatic rings. The lowest BCUT2D eigenvalue weighted by Crippen LogP contribution is -2.13. The van der Waals surface area contributed by atoms with Crippen molar-refractivity contribution in [2.75, 3.05) is 5.32 Å². The van der Waals surface area contributed by atoms with Crippen LogP contribution in [0.5, 0.6) is 0 Å². The first-order valence-electron chi connectivity index (χ1n) is 11.9. The first-order valence-corrected chi connectivity index (χ1v) is 11.9. The van der Waals surface area contributed by atoms with Gasteiger partial charge in [0.05, 0.1) is 40.7 Å². The van der Waals surface area contributed by atoms with E-state index in [0.717, 1.165) is 68.6 Å². The Balaban J connectivity index is 1.28. The minimum Gasteiger partial charge on any atom is -0.353 e. The van der Waals surface area contributed by atoms with Crippen LogP contribution in [0.15, 0.2) is 79.4 Å². The number of hydrogen-bond acceptors (Lipinski definition) is 5. The quantitative estimate of drug-likeness (QED) is 0.304. The molecule has 1 aromatic carbocycles. The van der Waals surface area contributed by atoms with Crippen LogP contribution in [-0.4, -0.2) is 36.0 Å². The number of H-pyrrole nitrogens is 2. The summed E-state index contributed by atoms with van der Waals surface area (Å²) < 4.78 is 0. The summed E-state index contributed by atoms with van der Waals surface area (Å²) in [7, 11) is 0. The molecule has 3 N–H and O–H groups in total. The van der Waals surface area contributed by atoms with Crippen molar-refractivity contribution < 1.29 is 4.79 Å². The smallest absolute Gasteiger partial charge is 0.227 e. The molecule has 8 heteroatoms. The summed E-state index contributed by atoms with van der Waals surface area (Å²) in [5, 5.41) is 12.7. The second-order valence-corrected chi connectivity index (χ2v) is 9.08. The van der Waals surface area contributed by atoms with Gasteiger partial charge in [-0.2, -0.15) is 5.10 Å². The molecule has 0 bridgehead atoms. The van der Waals surface area contributed by atoms with Gasteiger partial charge in [0, 0.05) is 45.7 Å². The summed E-state index contributed by atoms with van der Waals surface area (Å²) in [4.78, 5) is 29.1. The highest BCUT2D eigenvalue weighted by molar-refractivity contribution is 6.01. The molecule has 0 saturated heterocycles. The summed E-state index contributed by atoms with van der Waals surface area (Å²) in [6, 6.07) is 18.1. The van der Waals surface area contributed by atoms with Gasteiger partial charge in [-0.3, -0.25) is 24.8 Å². The van der Waals surface area contributed by atoms with Gasteiger partial charge in [-0.1, -0.05) is 18.2 Å². The zero-order chi connectivity index (χ0) is 24.1. The van der Waals surface area contributed by atoms with Crippen LogP contribution >= 0.6 is 0 Å². The monoisotopic (exact) mass is 471 g/mol. The van der Waals surface area contributed by atoms with E-state index in [2.05, 4.69) is 53.6 Å². The zero-order valence-corrected chi connectivity index (χ0v) is 19.2. The van der Waals surface area contributed by atoms with Crippen molar-refractivity contribution in [2.24, 2.45) is 5.92 Å². The zero-order valence-electron chi connectivity index (χ0n) is 19.2. The van der Waals surface area contributed by atoms with Gasteiger partial charge >= 0.3 is 0 Å². The van der Waals surface area contributed by atoms with Crippen molar-refractivity contribution in [1.29, 1.82) is 0 Å². The van der Waals surface area contributed by atoms with Crippen molar-refractivity contribution in [3.8, 4) is 33.9 Å². The van der Waals surface area contributed by atoms with E-state index in [-0.39, 0.29) is 11.8 Å². The van der Waals surface area contributed by atoms with E-state index in [1.165, 1.54) is 0 Å². The Hall–Kier alpha value is -4.85. The molecule has 0 unspecified atom stereocenters. The average Bonchev–Trinajstić information content (AvgIpc) is 3.55. The van der Waals surface area contributed by atoms with Gasteiger partial charge in [0.2, 0.25) is 5.91 Å². The van der Waals surface area contributed by atoms with Crippen LogP contribution in [0.1, 0.15) is 12.8 Å². The van der Waals surface area contributed by atoms with Gasteiger partial charge < -0.3 is 10.3 Å². The number of nitrogens with one attached hydrogen (secondary N) is 3. The highest BCUT2D eigenvalue weighted by Crippen LogP contribution is 2.35. The van der Waals surface area contributed by atoms with Crippen LogP contribution in [0.4, 0.5) is 5.69 Å². The van der Waals surface area contributed by atoms with Crippen molar-refractivity contribution >= 4 is 33.4 Å². The van der Waals surface area contributed by atoms with E-state index in [4.69, 9.17) is 0 Å². The minimum atomic E-state index is 0.0540. The number of rotatable bonds is 5. The first kappa shape index (κ1) is 20.5. The number of anilines is 1. The molecular formula is C28H21N7O. The first-order chi connectivity index (χ1) is 17.7. The van der Waals surface area contributed by atoms with Crippen LogP contribution in [-0.2, 0) is 4.79 Å². The van der Waals surface area contributed by atoms with Crippen molar-refractivity contribution in [3.63, 3.8) is 0 Å². The number of aromatic amines is 2. The fourth-order valence-electron chi connectivity index (χ4n) is 4.55. The maximum Gasteiger partial charge on any atom is 0.227 e. The van der Waals surface area contributed by atoms with E-state index in [0.29, 0.717) is 5.69 Å². The molecule has 1 aliphatic carbocycles. The molecule has 7 rings (SSSR count). The standard InChI is InChI=1S/C28H21N7O/c36-28(16-7-8-16)32-18-10-17(13-29-14-18)24-12-21-26(15-31-24)34-35-27(21)25-11-20-19(4-3-6-23(20)33-25)22-5-1-2-9-30-22/h1-6,9-16,33H,7-8H2,(H,32,36)(H,34,35). The van der Waals surface area contributed by atoms with Gasteiger partial charge in [0.1, 0.15) is 5.69 Å². The number of pyridine rings is 3. The molecular weight excluding hydrogens is 450 g/mol. The lowest BCUT2D eigenvalue weighted by molar-refractivity contribution is -0.117. The minimum absolute atomic E-state index is 0.0540. The lowest BCUT2D eigenvalue weighted by atomic mass is 10.1. The lowest BCUT2D eigenvalue weighted by Gasteiger charge is -2.06. The fourth-order valence-corrected chi connectivity index (χ4v) is 4.55. The van der Waals surface area contributed by atoms with E-state index in [9.17, 15) is 4.79 Å². The predicted octanol–water partition coefficient (Wildman–Crippen LogP) is 5.58. The number of amides is 1. The molecule has 8 nitrogen and oxygen atoms in total. The number of carbonyl (C=O) groups excluding carboxylic acids is 1. The Labute approximate surface area is 205 Å². The largest absolute Gasteiger partial charge is 0.353 e. The summed E-state index contributed by atoms with van der Waals surface area (Å²) in [6.07, 6.45) is 8.91. The summed E-state index contributed by atoms with van der Waals surface area (Å²) >= 11 is 0. The third kappa shape index (κ3) is 3.60. The molecule has 1 aliphatic rings. The molecule has 1 fully saturated rings. The second-order valence-electron chi connectivity index (χ2n) is 9.08. The van der Waals surface area contributed by atoms with Crippen LogP contribution in [0, 0.1) is 5.92 Å². The number of fused-ring (bicyclic) bond motifs is 2. The third-order valence-electron chi connectivity index (χ3n) is 6.56. The van der Waals surface area contributed by atoms with E-state index in [1.807, 2.05) is 36.4 Å². The normalized spacial score (nSPS) is 13.3. The molecule has 0 aliphatic heterocycles. The molecule has 1 saturated carbocycles. The highest BCUT2D eigenvalue weighted by Gasteiger charge is 2.29. The number of benzene rings is 1. The molecule has 0 atom stereocenters. The maximum absolute atomic E-state index is 12.2. The number of carbonyl (C=O) groups is 1. The van der Waals surface area contributed by atoms with Crippen molar-refractivity contribution in [1.82, 2.24) is 30.1 Å². The van der Waals surface area contributed by atoms with Gasteiger partial charge in [-0.25, -0.2) is 0 Å². The molecule has 5 aromatic heterocycles. The van der Waals surface area contributed by atoms with Gasteiger partial charge in [0.15, 0.2) is 0 Å². The second kappa shape index (κ2) is 8.13. The Bertz CT molecular complexity index is 1750. The van der Waals surface area contributed by atoms with Crippen LogP contribution < -0.4 is 5.32 Å². The molecule has 174 valence electrons. The van der Waals surface area contributed by atoms with Crippen molar-refractivity contribution in [3.05, 3.63) is 79.4 Å². The molecule has 0 radical (unpaired) electrons. The van der Waals surface area contributed by atoms with E-state index < -0.39 is 0 Å². The summed E-state index contributed by atoms with van der Waals surface area (Å²) in [6.45, 7) is 0. The molecule has 36 heavy (non-hydrogen) atoms. The SMILES string of the molecule is O=C(Nc1cncc(-c2cc3c(-c4cc5c(-c6ccccn6)cccc5[nH]4)n[nH]c3cn2)c1)C1CC1. The van der Waals surface area contributed by atoms with Crippen LogP contribution in [0.3, 0.4) is 0 Å². The Morgan fingerprint density at radius 2 is 1.83 bits per heavy atom. The van der Waals surface area contributed by atoms with Gasteiger partial charge in [0.25, 0.3) is 0 Å². The fraction of sp³-hybridized carbons (Fsp3) is 0.107. The number of nitrogens with zero attached hydrogens (tertiary/aromatic N) is 4. The molecule has 1 amide bonds. The maximum atomic E-state index is 12.2. The average molecular weight is 472 g/mol. The summed E-state index contributed by atoms with van der Waals surface area (Å²) in [5.41, 5.74) is 7.81. The Morgan fingerprint density at radius 1 is 0.889 bits per heavy atom. The topological polar surface area (TPSA) is 112 Å². The Kier molecular flexibility index (Phi) is 4.63. The third-order valence-corrected chi connectivity index (χ3v) is 6.56. The van der Waals surface area contributed by atoms with E-state index in [1.54, 1.807) is 24.8 Å². The van der Waals surface area contributed by atoms with Gasteiger partial charge in [-0.15, -0.1) is 0 Å². The van der Waals surface area contributed by atoms with Gasteiger partial charge in [-0.05, 0) is 49.2 Å². The Morgan fingerprint density at radius 3 is 2.69 bits per heavy atom. The van der Waals surface area contributed by atoms with E-state index >= 15 is 0 Å². The van der Waals surface area contributed by atoms with Crippen LogP contribution in [0.25, 0.3) is 55.7 Å². The summed E-state index contributed by atoms with van der Waals surface area (Å²) in [5.74, 6) is 0.185. The predicted molar refractivity (Wildman–Crippen MR) is 139 cm³/mol. The molecule has 5 heterocycles. The molecule has 0 spiro atoms. The van der Waals surface area contributed by atoms with Crippen LogP contribution in [0.2, 0.25) is 0 Å².